The lowest BCUT2D eigenvalue weighted by Gasteiger charge is -2.25. The van der Waals surface area contributed by atoms with E-state index in [-0.39, 0.29) is 24.3 Å². The van der Waals surface area contributed by atoms with E-state index < -0.39 is 12.1 Å². The minimum absolute atomic E-state index is 0.148. The van der Waals surface area contributed by atoms with Crippen molar-refractivity contribution < 1.29 is 24.2 Å². The lowest BCUT2D eigenvalue weighted by Crippen LogP contribution is -2.52. The van der Waals surface area contributed by atoms with Crippen LogP contribution >= 0.6 is 0 Å². The van der Waals surface area contributed by atoms with E-state index in [0.717, 1.165) is 5.56 Å². The number of nitrogens with one attached hydrogen (secondary N) is 2. The third-order valence-electron chi connectivity index (χ3n) is 4.13. The molecule has 2 atom stereocenters. The van der Waals surface area contributed by atoms with Gasteiger partial charge in [-0.2, -0.15) is 0 Å². The number of carboxylic acid groups (broad SMARTS) is 1. The molecule has 1 aromatic rings. The zero-order valence-corrected chi connectivity index (χ0v) is 15.1. The standard InChI is InChI=1S/C19H26N2O5/c1-13(2)17-12-25-9-3-4-10-26-15-7-5-14(6-8-15)11-16(18(22)20-17)21-19(23)24/h3-8,13,16-17,21H,9-12H2,1-2H3,(H,20,22)(H,23,24)/b4-3+. The Morgan fingerprint density at radius 1 is 1.23 bits per heavy atom. The fourth-order valence-corrected chi connectivity index (χ4v) is 2.54. The summed E-state index contributed by atoms with van der Waals surface area (Å²) in [7, 11) is 0. The maximum Gasteiger partial charge on any atom is 0.405 e. The molecule has 0 radical (unpaired) electrons. The molecule has 7 heteroatoms. The molecular formula is C19H26N2O5. The number of benzene rings is 1. The summed E-state index contributed by atoms with van der Waals surface area (Å²) in [6.07, 6.45) is 2.77. The second-order valence-corrected chi connectivity index (χ2v) is 6.53. The van der Waals surface area contributed by atoms with Gasteiger partial charge in [0.15, 0.2) is 0 Å². The van der Waals surface area contributed by atoms with Gasteiger partial charge in [0.25, 0.3) is 0 Å². The molecule has 7 nitrogen and oxygen atoms in total. The van der Waals surface area contributed by atoms with Gasteiger partial charge in [0, 0.05) is 6.42 Å². The molecule has 0 aromatic heterocycles. The van der Waals surface area contributed by atoms with Crippen molar-refractivity contribution in [3.63, 3.8) is 0 Å². The molecule has 0 aliphatic carbocycles. The van der Waals surface area contributed by atoms with Gasteiger partial charge < -0.3 is 25.2 Å². The summed E-state index contributed by atoms with van der Waals surface area (Å²) in [5.41, 5.74) is 0.839. The predicted molar refractivity (Wildman–Crippen MR) is 97.3 cm³/mol. The molecule has 2 unspecified atom stereocenters. The minimum atomic E-state index is -1.23. The summed E-state index contributed by atoms with van der Waals surface area (Å²) >= 11 is 0. The number of amides is 2. The Labute approximate surface area is 153 Å². The molecule has 26 heavy (non-hydrogen) atoms. The zero-order valence-electron chi connectivity index (χ0n) is 15.1. The zero-order chi connectivity index (χ0) is 18.9. The molecule has 142 valence electrons. The first-order valence-electron chi connectivity index (χ1n) is 8.70. The highest BCUT2D eigenvalue weighted by atomic mass is 16.5. The highest BCUT2D eigenvalue weighted by Gasteiger charge is 2.25. The van der Waals surface area contributed by atoms with Crippen molar-refractivity contribution in [3.05, 3.63) is 42.0 Å². The molecule has 3 rings (SSSR count). The van der Waals surface area contributed by atoms with E-state index in [1.807, 2.05) is 38.1 Å². The van der Waals surface area contributed by atoms with Gasteiger partial charge in [0.1, 0.15) is 18.4 Å². The number of carbonyl (C=O) groups is 2. The van der Waals surface area contributed by atoms with E-state index in [1.54, 1.807) is 12.1 Å². The normalized spacial score (nSPS) is 23.1. The van der Waals surface area contributed by atoms with Gasteiger partial charge in [0.05, 0.1) is 19.3 Å². The van der Waals surface area contributed by atoms with Crippen molar-refractivity contribution in [2.75, 3.05) is 19.8 Å². The van der Waals surface area contributed by atoms with E-state index in [9.17, 15) is 9.59 Å². The van der Waals surface area contributed by atoms with Crippen LogP contribution in [-0.2, 0) is 16.0 Å². The van der Waals surface area contributed by atoms with Crippen LogP contribution in [0.25, 0.3) is 0 Å². The third kappa shape index (κ3) is 6.40. The molecule has 2 aliphatic rings. The van der Waals surface area contributed by atoms with Crippen LogP contribution in [0.15, 0.2) is 36.4 Å². The second kappa shape index (κ2) is 9.82. The van der Waals surface area contributed by atoms with Crippen LogP contribution in [0.2, 0.25) is 0 Å². The largest absolute Gasteiger partial charge is 0.490 e. The molecule has 0 saturated heterocycles. The van der Waals surface area contributed by atoms with Crippen molar-refractivity contribution in [2.24, 2.45) is 5.92 Å². The van der Waals surface area contributed by atoms with E-state index in [0.29, 0.717) is 25.6 Å². The Balaban J connectivity index is 2.21. The quantitative estimate of drug-likeness (QED) is 0.699. The second-order valence-electron chi connectivity index (χ2n) is 6.53. The summed E-state index contributed by atoms with van der Waals surface area (Å²) in [5.74, 6) is 0.492. The van der Waals surface area contributed by atoms with Gasteiger partial charge in [0.2, 0.25) is 5.91 Å². The Morgan fingerprint density at radius 2 is 1.92 bits per heavy atom. The highest BCUT2D eigenvalue weighted by molar-refractivity contribution is 5.85. The number of fused-ring (bicyclic) bond motifs is 12. The third-order valence-corrected chi connectivity index (χ3v) is 4.13. The number of carbonyl (C=O) groups excluding carboxylic acids is 1. The topological polar surface area (TPSA) is 96.9 Å². The van der Waals surface area contributed by atoms with Crippen LogP contribution in [0.5, 0.6) is 5.75 Å². The van der Waals surface area contributed by atoms with Crippen LogP contribution in [0.3, 0.4) is 0 Å². The first-order chi connectivity index (χ1) is 12.5. The van der Waals surface area contributed by atoms with Crippen LogP contribution in [0.1, 0.15) is 19.4 Å². The van der Waals surface area contributed by atoms with Crippen LogP contribution in [-0.4, -0.2) is 49.0 Å². The van der Waals surface area contributed by atoms with Gasteiger partial charge >= 0.3 is 6.09 Å². The highest BCUT2D eigenvalue weighted by Crippen LogP contribution is 2.14. The molecule has 0 saturated carbocycles. The van der Waals surface area contributed by atoms with Gasteiger partial charge in [-0.15, -0.1) is 0 Å². The molecule has 2 heterocycles. The number of rotatable bonds is 2. The first kappa shape index (κ1) is 19.8. The molecule has 3 N–H and O–H groups in total. The minimum Gasteiger partial charge on any atom is -0.490 e. The maximum absolute atomic E-state index is 12.6. The van der Waals surface area contributed by atoms with Crippen LogP contribution in [0, 0.1) is 5.92 Å². The Hall–Kier alpha value is -2.54. The molecule has 2 amide bonds. The van der Waals surface area contributed by atoms with Crippen molar-refractivity contribution in [1.29, 1.82) is 0 Å². The number of ether oxygens (including phenoxy) is 2. The van der Waals surface area contributed by atoms with Gasteiger partial charge in [-0.05, 0) is 29.7 Å². The Kier molecular flexibility index (Phi) is 7.47. The van der Waals surface area contributed by atoms with E-state index in [1.165, 1.54) is 0 Å². The molecule has 0 fully saturated rings. The predicted octanol–water partition coefficient (Wildman–Crippen LogP) is 1.97. The van der Waals surface area contributed by atoms with Crippen LogP contribution in [0.4, 0.5) is 4.79 Å². The molecule has 1 aromatic carbocycles. The van der Waals surface area contributed by atoms with E-state index >= 15 is 0 Å². The number of hydrogen-bond donors (Lipinski definition) is 3. The fourth-order valence-electron chi connectivity index (χ4n) is 2.54. The first-order valence-corrected chi connectivity index (χ1v) is 8.70. The van der Waals surface area contributed by atoms with Crippen molar-refractivity contribution in [1.82, 2.24) is 10.6 Å². The van der Waals surface area contributed by atoms with Gasteiger partial charge in [-0.1, -0.05) is 32.1 Å². The van der Waals surface area contributed by atoms with Crippen molar-refractivity contribution >= 4 is 12.0 Å². The summed E-state index contributed by atoms with van der Waals surface area (Å²) in [6.45, 7) is 5.17. The Morgan fingerprint density at radius 3 is 2.58 bits per heavy atom. The molecule has 2 aliphatic heterocycles. The van der Waals surface area contributed by atoms with Crippen LogP contribution < -0.4 is 15.4 Å². The average Bonchev–Trinajstić information content (AvgIpc) is 2.59. The summed E-state index contributed by atoms with van der Waals surface area (Å²) in [4.78, 5) is 23.7. The lowest BCUT2D eigenvalue weighted by molar-refractivity contribution is -0.124. The molecular weight excluding hydrogens is 336 g/mol. The van der Waals surface area contributed by atoms with Crippen molar-refractivity contribution in [2.45, 2.75) is 32.4 Å². The van der Waals surface area contributed by atoms with E-state index in [4.69, 9.17) is 14.6 Å². The summed E-state index contributed by atoms with van der Waals surface area (Å²) in [5, 5.41) is 14.3. The van der Waals surface area contributed by atoms with Gasteiger partial charge in [-0.25, -0.2) is 4.79 Å². The molecule has 0 spiro atoms. The Bertz CT molecular complexity index is 627. The summed E-state index contributed by atoms with van der Waals surface area (Å²) < 4.78 is 11.2. The summed E-state index contributed by atoms with van der Waals surface area (Å²) in [6, 6.07) is 6.18. The van der Waals surface area contributed by atoms with E-state index in [2.05, 4.69) is 10.6 Å². The monoisotopic (exact) mass is 362 g/mol. The molecule has 2 bridgehead atoms. The SMILES string of the molecule is CC(C)C1COC/C=C/COc2ccc(cc2)CC(NC(=O)O)C(=O)N1. The smallest absolute Gasteiger partial charge is 0.405 e. The number of hydrogen-bond acceptors (Lipinski definition) is 4. The van der Waals surface area contributed by atoms with Gasteiger partial charge in [-0.3, -0.25) is 4.79 Å². The lowest BCUT2D eigenvalue weighted by atomic mass is 10.0. The maximum atomic E-state index is 12.6. The van der Waals surface area contributed by atoms with Crippen molar-refractivity contribution in [3.8, 4) is 5.75 Å². The average molecular weight is 362 g/mol. The fraction of sp³-hybridized carbons (Fsp3) is 0.474.